The van der Waals surface area contributed by atoms with Crippen molar-refractivity contribution in [2.45, 2.75) is 39.0 Å². The number of ether oxygens (including phenoxy) is 1. The molecule has 23 heavy (non-hydrogen) atoms. The van der Waals surface area contributed by atoms with Crippen molar-refractivity contribution in [2.75, 3.05) is 33.2 Å². The molecule has 8 heteroatoms. The maximum absolute atomic E-state index is 5.76. The molecule has 0 spiro atoms. The van der Waals surface area contributed by atoms with Crippen LogP contribution >= 0.6 is 0 Å². The first-order valence-corrected chi connectivity index (χ1v) is 8.23. The Labute approximate surface area is 138 Å². The smallest absolute Gasteiger partial charge is 0.191 e. The van der Waals surface area contributed by atoms with Crippen LogP contribution in [0.1, 0.15) is 26.1 Å². The van der Waals surface area contributed by atoms with Crippen molar-refractivity contribution >= 4 is 5.96 Å². The number of morpholine rings is 1. The van der Waals surface area contributed by atoms with Gasteiger partial charge in [-0.05, 0) is 20.3 Å². The minimum atomic E-state index is 0.326. The second kappa shape index (κ2) is 8.83. The molecule has 0 aromatic carbocycles. The lowest BCUT2D eigenvalue weighted by Crippen LogP contribution is -2.46. The SMILES string of the molecule is CN=C(NCCCN1CC(C)OC(C)C1)NCc1ncnn1C. The van der Waals surface area contributed by atoms with E-state index in [1.165, 1.54) is 0 Å². The molecule has 0 amide bonds. The van der Waals surface area contributed by atoms with Gasteiger partial charge in [0.1, 0.15) is 12.2 Å². The van der Waals surface area contributed by atoms with Crippen molar-refractivity contribution in [1.29, 1.82) is 0 Å². The molecule has 1 aliphatic heterocycles. The van der Waals surface area contributed by atoms with Crippen LogP contribution < -0.4 is 10.6 Å². The highest BCUT2D eigenvalue weighted by Crippen LogP contribution is 2.10. The normalized spacial score (nSPS) is 23.0. The van der Waals surface area contributed by atoms with Gasteiger partial charge in [-0.15, -0.1) is 0 Å². The number of aryl methyl sites for hydroxylation is 1. The summed E-state index contributed by atoms with van der Waals surface area (Å²) in [7, 11) is 3.65. The fraction of sp³-hybridized carbons (Fsp3) is 0.800. The highest BCUT2D eigenvalue weighted by Gasteiger charge is 2.21. The van der Waals surface area contributed by atoms with Gasteiger partial charge in [0.25, 0.3) is 0 Å². The number of aliphatic imine (C=N–C) groups is 1. The number of guanidine groups is 1. The molecule has 0 saturated carbocycles. The van der Waals surface area contributed by atoms with Gasteiger partial charge in [0.05, 0.1) is 18.8 Å². The van der Waals surface area contributed by atoms with Crippen molar-refractivity contribution in [1.82, 2.24) is 30.3 Å². The largest absolute Gasteiger partial charge is 0.373 e. The van der Waals surface area contributed by atoms with Crippen molar-refractivity contribution in [3.05, 3.63) is 12.2 Å². The second-order valence-electron chi connectivity index (χ2n) is 6.02. The van der Waals surface area contributed by atoms with Gasteiger partial charge < -0.3 is 15.4 Å². The van der Waals surface area contributed by atoms with E-state index in [2.05, 4.69) is 44.5 Å². The lowest BCUT2D eigenvalue weighted by Gasteiger charge is -2.35. The molecule has 1 aromatic heterocycles. The fourth-order valence-corrected chi connectivity index (χ4v) is 2.84. The topological polar surface area (TPSA) is 79.6 Å². The standard InChI is InChI=1S/C15H29N7O/c1-12-9-22(10-13(2)23-12)7-5-6-17-15(16-3)18-8-14-19-11-20-21(14)4/h11-13H,5-10H2,1-4H3,(H2,16,17,18). The number of hydrogen-bond acceptors (Lipinski definition) is 5. The Morgan fingerprint density at radius 1 is 1.35 bits per heavy atom. The Morgan fingerprint density at radius 2 is 2.09 bits per heavy atom. The molecule has 0 bridgehead atoms. The summed E-state index contributed by atoms with van der Waals surface area (Å²) in [6.07, 6.45) is 3.28. The van der Waals surface area contributed by atoms with E-state index in [0.717, 1.165) is 44.4 Å². The Bertz CT molecular complexity index is 492. The number of aromatic nitrogens is 3. The van der Waals surface area contributed by atoms with Crippen LogP contribution in [0.25, 0.3) is 0 Å². The third-order valence-electron chi connectivity index (χ3n) is 3.88. The monoisotopic (exact) mass is 323 g/mol. The Hall–Kier alpha value is -1.67. The molecule has 2 unspecified atom stereocenters. The van der Waals surface area contributed by atoms with Gasteiger partial charge in [-0.3, -0.25) is 14.6 Å². The predicted molar refractivity (Wildman–Crippen MR) is 90.3 cm³/mol. The molecule has 2 rings (SSSR count). The van der Waals surface area contributed by atoms with Crippen LogP contribution in [0.5, 0.6) is 0 Å². The highest BCUT2D eigenvalue weighted by molar-refractivity contribution is 5.79. The number of nitrogens with zero attached hydrogens (tertiary/aromatic N) is 5. The third kappa shape index (κ3) is 5.80. The van der Waals surface area contributed by atoms with Gasteiger partial charge in [0.15, 0.2) is 5.96 Å². The Balaban J connectivity index is 1.63. The van der Waals surface area contributed by atoms with Crippen LogP contribution in [0, 0.1) is 0 Å². The zero-order valence-electron chi connectivity index (χ0n) is 14.6. The van der Waals surface area contributed by atoms with Crippen molar-refractivity contribution in [3.8, 4) is 0 Å². The van der Waals surface area contributed by atoms with Crippen LogP contribution in [0.4, 0.5) is 0 Å². The summed E-state index contributed by atoms with van der Waals surface area (Å²) >= 11 is 0. The van der Waals surface area contributed by atoms with Crippen LogP contribution in [-0.4, -0.2) is 71.1 Å². The molecule has 130 valence electrons. The molecule has 2 N–H and O–H groups in total. The van der Waals surface area contributed by atoms with Crippen molar-refractivity contribution in [3.63, 3.8) is 0 Å². The summed E-state index contributed by atoms with van der Waals surface area (Å²) in [5, 5.41) is 10.6. The lowest BCUT2D eigenvalue weighted by atomic mass is 10.2. The van der Waals surface area contributed by atoms with Gasteiger partial charge in [0, 0.05) is 40.3 Å². The maximum atomic E-state index is 5.76. The van der Waals surface area contributed by atoms with E-state index in [1.54, 1.807) is 18.1 Å². The summed E-state index contributed by atoms with van der Waals surface area (Å²) in [6, 6.07) is 0. The van der Waals surface area contributed by atoms with E-state index < -0.39 is 0 Å². The van der Waals surface area contributed by atoms with E-state index in [1.807, 2.05) is 7.05 Å². The quantitative estimate of drug-likeness (QED) is 0.435. The van der Waals surface area contributed by atoms with Gasteiger partial charge in [-0.2, -0.15) is 5.10 Å². The number of hydrogen-bond donors (Lipinski definition) is 2. The summed E-state index contributed by atoms with van der Waals surface area (Å²) in [5.41, 5.74) is 0. The molecular weight excluding hydrogens is 294 g/mol. The molecule has 0 aliphatic carbocycles. The maximum Gasteiger partial charge on any atom is 0.191 e. The van der Waals surface area contributed by atoms with E-state index in [0.29, 0.717) is 18.8 Å². The van der Waals surface area contributed by atoms with Crippen LogP contribution in [-0.2, 0) is 18.3 Å². The van der Waals surface area contributed by atoms with E-state index >= 15 is 0 Å². The number of nitrogens with one attached hydrogen (secondary N) is 2. The van der Waals surface area contributed by atoms with Crippen molar-refractivity contribution in [2.24, 2.45) is 12.0 Å². The Morgan fingerprint density at radius 3 is 2.70 bits per heavy atom. The van der Waals surface area contributed by atoms with E-state index in [-0.39, 0.29) is 0 Å². The van der Waals surface area contributed by atoms with Crippen LogP contribution in [0.2, 0.25) is 0 Å². The molecule has 1 aromatic rings. The van der Waals surface area contributed by atoms with E-state index in [9.17, 15) is 0 Å². The molecule has 0 radical (unpaired) electrons. The first-order valence-electron chi connectivity index (χ1n) is 8.23. The predicted octanol–water partition coefficient (Wildman–Crippen LogP) is -0.0206. The third-order valence-corrected chi connectivity index (χ3v) is 3.88. The minimum absolute atomic E-state index is 0.326. The van der Waals surface area contributed by atoms with Crippen LogP contribution in [0.3, 0.4) is 0 Å². The minimum Gasteiger partial charge on any atom is -0.373 e. The van der Waals surface area contributed by atoms with Gasteiger partial charge in [0.2, 0.25) is 0 Å². The zero-order chi connectivity index (χ0) is 16.7. The van der Waals surface area contributed by atoms with Crippen LogP contribution in [0.15, 0.2) is 11.3 Å². The molecule has 8 nitrogen and oxygen atoms in total. The van der Waals surface area contributed by atoms with E-state index in [4.69, 9.17) is 4.74 Å². The molecule has 1 saturated heterocycles. The summed E-state index contributed by atoms with van der Waals surface area (Å²) in [4.78, 5) is 10.9. The molecular formula is C15H29N7O. The highest BCUT2D eigenvalue weighted by atomic mass is 16.5. The second-order valence-corrected chi connectivity index (χ2v) is 6.02. The van der Waals surface area contributed by atoms with Gasteiger partial charge >= 0.3 is 0 Å². The molecule has 2 heterocycles. The van der Waals surface area contributed by atoms with Gasteiger partial charge in [-0.25, -0.2) is 4.98 Å². The Kier molecular flexibility index (Phi) is 6.79. The zero-order valence-corrected chi connectivity index (χ0v) is 14.6. The average Bonchev–Trinajstić information content (AvgIpc) is 2.91. The lowest BCUT2D eigenvalue weighted by molar-refractivity contribution is -0.0679. The summed E-state index contributed by atoms with van der Waals surface area (Å²) in [6.45, 7) is 8.88. The first-order chi connectivity index (χ1) is 11.1. The summed E-state index contributed by atoms with van der Waals surface area (Å²) in [5.74, 6) is 1.67. The molecule has 1 aliphatic rings. The average molecular weight is 323 g/mol. The number of rotatable bonds is 6. The molecule has 1 fully saturated rings. The summed E-state index contributed by atoms with van der Waals surface area (Å²) < 4.78 is 7.51. The van der Waals surface area contributed by atoms with Gasteiger partial charge in [-0.1, -0.05) is 0 Å². The fourth-order valence-electron chi connectivity index (χ4n) is 2.84. The van der Waals surface area contributed by atoms with Crippen molar-refractivity contribution < 1.29 is 4.74 Å². The molecule has 2 atom stereocenters. The first kappa shape index (κ1) is 17.7.